The summed E-state index contributed by atoms with van der Waals surface area (Å²) in [6.45, 7) is 2.39. The number of rotatable bonds is 4. The van der Waals surface area contributed by atoms with Crippen LogP contribution in [-0.4, -0.2) is 9.55 Å². The molecule has 0 fully saturated rings. The van der Waals surface area contributed by atoms with E-state index in [2.05, 4.69) is 18.2 Å². The van der Waals surface area contributed by atoms with Crippen molar-refractivity contribution in [3.63, 3.8) is 0 Å². The van der Waals surface area contributed by atoms with Gasteiger partial charge in [0, 0.05) is 16.5 Å². The molecule has 0 N–H and O–H groups in total. The topological polar surface area (TPSA) is 58.7 Å². The van der Waals surface area contributed by atoms with Crippen molar-refractivity contribution in [1.82, 2.24) is 9.55 Å². The first-order chi connectivity index (χ1) is 15.6. The van der Waals surface area contributed by atoms with E-state index in [9.17, 15) is 10.1 Å². The summed E-state index contributed by atoms with van der Waals surface area (Å²) in [6, 6.07) is 27.5. The lowest BCUT2D eigenvalue weighted by Crippen LogP contribution is -2.24. The summed E-state index contributed by atoms with van der Waals surface area (Å²) >= 11 is 1.49. The molecule has 5 heteroatoms. The molecule has 3 aromatic carbocycles. The van der Waals surface area contributed by atoms with Crippen LogP contribution in [0.1, 0.15) is 16.7 Å². The smallest absolute Gasteiger partial charge is 0.263 e. The van der Waals surface area contributed by atoms with Gasteiger partial charge in [-0.1, -0.05) is 72.3 Å². The Morgan fingerprint density at radius 2 is 1.75 bits per heavy atom. The fourth-order valence-electron chi connectivity index (χ4n) is 3.85. The van der Waals surface area contributed by atoms with Crippen LogP contribution in [0.5, 0.6) is 0 Å². The van der Waals surface area contributed by atoms with Crippen LogP contribution < -0.4 is 5.56 Å². The number of benzene rings is 3. The summed E-state index contributed by atoms with van der Waals surface area (Å²) < 4.78 is 1.72. The fraction of sp³-hybridized carbons (Fsp3) is 0.0741. The molecule has 0 unspecified atom stereocenters. The third kappa shape index (κ3) is 3.62. The van der Waals surface area contributed by atoms with Crippen molar-refractivity contribution in [2.75, 3.05) is 0 Å². The van der Waals surface area contributed by atoms with Crippen molar-refractivity contribution in [2.24, 2.45) is 0 Å². The fourth-order valence-corrected chi connectivity index (χ4v) is 4.78. The summed E-state index contributed by atoms with van der Waals surface area (Å²) in [5.41, 5.74) is 5.35. The molecule has 4 nitrogen and oxygen atoms in total. The lowest BCUT2D eigenvalue weighted by Gasteiger charge is -2.13. The van der Waals surface area contributed by atoms with E-state index in [1.54, 1.807) is 10.6 Å². The van der Waals surface area contributed by atoms with Gasteiger partial charge >= 0.3 is 0 Å². The van der Waals surface area contributed by atoms with Crippen molar-refractivity contribution < 1.29 is 0 Å². The van der Waals surface area contributed by atoms with E-state index in [1.165, 1.54) is 16.9 Å². The van der Waals surface area contributed by atoms with E-state index >= 15 is 0 Å². The SMILES string of the molecule is Cc1ccc(-c2csc3nc(-c4ccccc4)n(Cc4cccc(C#N)c4)c(=O)c23)cc1. The van der Waals surface area contributed by atoms with E-state index in [0.717, 1.165) is 27.1 Å². The Morgan fingerprint density at radius 3 is 2.50 bits per heavy atom. The van der Waals surface area contributed by atoms with Gasteiger partial charge in [0.15, 0.2) is 0 Å². The second kappa shape index (κ2) is 8.26. The molecule has 0 atom stereocenters. The molecule has 0 amide bonds. The van der Waals surface area contributed by atoms with Gasteiger partial charge in [-0.25, -0.2) is 4.98 Å². The van der Waals surface area contributed by atoms with Gasteiger partial charge in [0.1, 0.15) is 10.7 Å². The first-order valence-electron chi connectivity index (χ1n) is 10.3. The van der Waals surface area contributed by atoms with Gasteiger partial charge in [-0.2, -0.15) is 5.26 Å². The van der Waals surface area contributed by atoms with Gasteiger partial charge in [-0.15, -0.1) is 11.3 Å². The van der Waals surface area contributed by atoms with Gasteiger partial charge in [0.05, 0.1) is 23.6 Å². The minimum Gasteiger partial charge on any atom is -0.288 e. The predicted octanol–water partition coefficient (Wildman–Crippen LogP) is 6.02. The van der Waals surface area contributed by atoms with Crippen LogP contribution in [0.4, 0.5) is 0 Å². The van der Waals surface area contributed by atoms with Crippen molar-refractivity contribution in [2.45, 2.75) is 13.5 Å². The van der Waals surface area contributed by atoms with Gasteiger partial charge in [-0.3, -0.25) is 9.36 Å². The number of hydrogen-bond donors (Lipinski definition) is 0. The Bertz CT molecular complexity index is 1520. The van der Waals surface area contributed by atoms with Gasteiger partial charge in [0.2, 0.25) is 0 Å². The van der Waals surface area contributed by atoms with Crippen LogP contribution in [-0.2, 0) is 6.54 Å². The molecule has 2 aromatic heterocycles. The quantitative estimate of drug-likeness (QED) is 0.348. The Labute approximate surface area is 189 Å². The van der Waals surface area contributed by atoms with Crippen LogP contribution in [0.3, 0.4) is 0 Å². The molecule has 0 spiro atoms. The first-order valence-corrected chi connectivity index (χ1v) is 11.2. The van der Waals surface area contributed by atoms with Gasteiger partial charge < -0.3 is 0 Å². The number of hydrogen-bond acceptors (Lipinski definition) is 4. The van der Waals surface area contributed by atoms with Crippen molar-refractivity contribution >= 4 is 21.6 Å². The predicted molar refractivity (Wildman–Crippen MR) is 130 cm³/mol. The van der Waals surface area contributed by atoms with Gasteiger partial charge in [-0.05, 0) is 30.2 Å². The summed E-state index contributed by atoms with van der Waals surface area (Å²) in [4.78, 5) is 19.5. The Hall–Kier alpha value is -4.01. The third-order valence-corrected chi connectivity index (χ3v) is 6.36. The average molecular weight is 434 g/mol. The number of aryl methyl sites for hydroxylation is 1. The highest BCUT2D eigenvalue weighted by Crippen LogP contribution is 2.32. The van der Waals surface area contributed by atoms with Crippen LogP contribution in [0.25, 0.3) is 32.7 Å². The van der Waals surface area contributed by atoms with Crippen LogP contribution >= 0.6 is 11.3 Å². The Morgan fingerprint density at radius 1 is 0.969 bits per heavy atom. The van der Waals surface area contributed by atoms with Crippen molar-refractivity contribution in [1.29, 1.82) is 5.26 Å². The summed E-state index contributed by atoms with van der Waals surface area (Å²) in [7, 11) is 0. The summed E-state index contributed by atoms with van der Waals surface area (Å²) in [5, 5.41) is 11.9. The molecule has 0 saturated heterocycles. The Balaban J connectivity index is 1.75. The van der Waals surface area contributed by atoms with E-state index < -0.39 is 0 Å². The first kappa shape index (κ1) is 19.9. The monoisotopic (exact) mass is 433 g/mol. The zero-order valence-electron chi connectivity index (χ0n) is 17.4. The van der Waals surface area contributed by atoms with Crippen LogP contribution in [0.15, 0.2) is 89.0 Å². The minimum atomic E-state index is -0.0759. The highest BCUT2D eigenvalue weighted by atomic mass is 32.1. The molecule has 154 valence electrons. The van der Waals surface area contributed by atoms with E-state index in [4.69, 9.17) is 4.98 Å². The zero-order chi connectivity index (χ0) is 22.1. The molecule has 0 saturated carbocycles. The van der Waals surface area contributed by atoms with Gasteiger partial charge in [0.25, 0.3) is 5.56 Å². The van der Waals surface area contributed by atoms with Crippen molar-refractivity contribution in [3.8, 4) is 28.6 Å². The molecule has 0 aliphatic heterocycles. The molecule has 0 aliphatic rings. The largest absolute Gasteiger partial charge is 0.288 e. The molecular weight excluding hydrogens is 414 g/mol. The summed E-state index contributed by atoms with van der Waals surface area (Å²) in [6.07, 6.45) is 0. The summed E-state index contributed by atoms with van der Waals surface area (Å²) in [5.74, 6) is 0.628. The molecular formula is C27H19N3OS. The molecule has 5 aromatic rings. The second-order valence-electron chi connectivity index (χ2n) is 7.70. The normalized spacial score (nSPS) is 10.9. The lowest BCUT2D eigenvalue weighted by atomic mass is 10.0. The van der Waals surface area contributed by atoms with E-state index in [0.29, 0.717) is 23.3 Å². The zero-order valence-corrected chi connectivity index (χ0v) is 18.3. The third-order valence-electron chi connectivity index (χ3n) is 5.49. The standard InChI is InChI=1S/C27H19N3OS/c1-18-10-12-21(13-11-18)23-17-32-26-24(23)27(31)30(16-20-7-5-6-19(14-20)15-28)25(29-26)22-8-3-2-4-9-22/h2-14,17H,16H2,1H3. The highest BCUT2D eigenvalue weighted by molar-refractivity contribution is 7.17. The van der Waals surface area contributed by atoms with E-state index in [-0.39, 0.29) is 5.56 Å². The molecule has 32 heavy (non-hydrogen) atoms. The number of nitrogens with zero attached hydrogens (tertiary/aromatic N) is 3. The molecule has 0 bridgehead atoms. The van der Waals surface area contributed by atoms with E-state index in [1.807, 2.05) is 73.0 Å². The highest BCUT2D eigenvalue weighted by Gasteiger charge is 2.18. The van der Waals surface area contributed by atoms with Crippen LogP contribution in [0.2, 0.25) is 0 Å². The number of nitriles is 1. The number of thiophene rings is 1. The maximum atomic E-state index is 13.9. The lowest BCUT2D eigenvalue weighted by molar-refractivity contribution is 0.760. The maximum Gasteiger partial charge on any atom is 0.263 e. The average Bonchev–Trinajstić information content (AvgIpc) is 3.26. The molecule has 0 aliphatic carbocycles. The molecule has 5 rings (SSSR count). The Kier molecular flexibility index (Phi) is 5.14. The maximum absolute atomic E-state index is 13.9. The van der Waals surface area contributed by atoms with Crippen molar-refractivity contribution in [3.05, 3.63) is 111 Å². The number of aromatic nitrogens is 2. The molecule has 0 radical (unpaired) electrons. The second-order valence-corrected chi connectivity index (χ2v) is 8.56. The molecule has 2 heterocycles. The number of fused-ring (bicyclic) bond motifs is 1. The minimum absolute atomic E-state index is 0.0759. The van der Waals surface area contributed by atoms with Crippen LogP contribution in [0, 0.1) is 18.3 Å².